The minimum absolute atomic E-state index is 0.311. The Kier molecular flexibility index (Phi) is 6.20. The van der Waals surface area contributed by atoms with Crippen molar-refractivity contribution in [1.29, 1.82) is 0 Å². The molecule has 1 saturated heterocycles. The Hall–Kier alpha value is -2.01. The van der Waals surface area contributed by atoms with E-state index in [1.54, 1.807) is 7.11 Å². The van der Waals surface area contributed by atoms with Gasteiger partial charge in [-0.2, -0.15) is 0 Å². The van der Waals surface area contributed by atoms with E-state index in [9.17, 15) is 0 Å². The molecule has 0 saturated carbocycles. The Morgan fingerprint density at radius 3 is 2.81 bits per heavy atom. The predicted octanol–water partition coefficient (Wildman–Crippen LogP) is 4.62. The molecule has 0 radical (unpaired) electrons. The average molecular weight is 358 g/mol. The maximum absolute atomic E-state index is 5.86. The summed E-state index contributed by atoms with van der Waals surface area (Å²) in [4.78, 5) is 2.46. The van der Waals surface area contributed by atoms with Crippen LogP contribution in [0.25, 0.3) is 0 Å². The smallest absolute Gasteiger partial charge is 0.161 e. The zero-order chi connectivity index (χ0) is 18.5. The molecule has 142 valence electrons. The summed E-state index contributed by atoms with van der Waals surface area (Å²) in [6, 6.07) is 8.65. The maximum atomic E-state index is 5.86. The van der Waals surface area contributed by atoms with Crippen LogP contribution in [0.4, 0.5) is 0 Å². The van der Waals surface area contributed by atoms with Crippen molar-refractivity contribution in [3.63, 3.8) is 0 Å². The van der Waals surface area contributed by atoms with Crippen LogP contribution in [0.15, 0.2) is 28.8 Å². The Balaban J connectivity index is 1.70. The van der Waals surface area contributed by atoms with Crippen LogP contribution < -0.4 is 9.47 Å². The molecule has 0 aliphatic carbocycles. The molecule has 2 aromatic rings. The normalized spacial score (nSPS) is 17.8. The molecular weight excluding hydrogens is 328 g/mol. The average Bonchev–Trinajstić information content (AvgIpc) is 3.29. The fraction of sp³-hybridized carbons (Fsp3) is 0.571. The van der Waals surface area contributed by atoms with Crippen molar-refractivity contribution in [3.8, 4) is 11.5 Å². The molecule has 1 aliphatic rings. The number of rotatable bonds is 8. The van der Waals surface area contributed by atoms with Gasteiger partial charge in [0.2, 0.25) is 0 Å². The van der Waals surface area contributed by atoms with Crippen molar-refractivity contribution in [2.24, 2.45) is 5.92 Å². The van der Waals surface area contributed by atoms with Gasteiger partial charge in [0.15, 0.2) is 17.3 Å². The van der Waals surface area contributed by atoms with Crippen LogP contribution >= 0.6 is 0 Å². The SMILES string of the molecule is CCc1cc([C@H]2CCCN2Cc2ccc(OCC(C)C)c(OC)c2)on1. The molecule has 1 fully saturated rings. The third-order valence-electron chi connectivity index (χ3n) is 4.82. The number of hydrogen-bond donors (Lipinski definition) is 0. The van der Waals surface area contributed by atoms with Gasteiger partial charge < -0.3 is 14.0 Å². The zero-order valence-corrected chi connectivity index (χ0v) is 16.3. The summed E-state index contributed by atoms with van der Waals surface area (Å²) in [6.07, 6.45) is 3.20. The third kappa shape index (κ3) is 4.39. The molecule has 0 spiro atoms. The van der Waals surface area contributed by atoms with Gasteiger partial charge in [0, 0.05) is 12.6 Å². The van der Waals surface area contributed by atoms with E-state index in [2.05, 4.69) is 49.0 Å². The molecule has 5 nitrogen and oxygen atoms in total. The summed E-state index contributed by atoms with van der Waals surface area (Å²) in [7, 11) is 1.70. The first-order valence-corrected chi connectivity index (χ1v) is 9.60. The third-order valence-corrected chi connectivity index (χ3v) is 4.82. The summed E-state index contributed by atoms with van der Waals surface area (Å²) < 4.78 is 17.0. The molecule has 0 N–H and O–H groups in total. The Bertz CT molecular complexity index is 711. The monoisotopic (exact) mass is 358 g/mol. The van der Waals surface area contributed by atoms with Gasteiger partial charge in [0.05, 0.1) is 25.5 Å². The molecule has 26 heavy (non-hydrogen) atoms. The highest BCUT2D eigenvalue weighted by Gasteiger charge is 2.29. The second kappa shape index (κ2) is 8.58. The Labute approximate surface area is 156 Å². The van der Waals surface area contributed by atoms with Gasteiger partial charge in [-0.1, -0.05) is 32.0 Å². The number of aryl methyl sites for hydroxylation is 1. The van der Waals surface area contributed by atoms with Crippen LogP contribution in [0.5, 0.6) is 11.5 Å². The quantitative estimate of drug-likeness (QED) is 0.689. The highest BCUT2D eigenvalue weighted by atomic mass is 16.5. The lowest BCUT2D eigenvalue weighted by Gasteiger charge is -2.23. The van der Waals surface area contributed by atoms with E-state index in [1.807, 2.05) is 6.07 Å². The van der Waals surface area contributed by atoms with Gasteiger partial charge in [-0.25, -0.2) is 0 Å². The van der Waals surface area contributed by atoms with Crippen LogP contribution in [-0.4, -0.2) is 30.3 Å². The van der Waals surface area contributed by atoms with Crippen molar-refractivity contribution in [3.05, 3.63) is 41.3 Å². The lowest BCUT2D eigenvalue weighted by atomic mass is 10.1. The zero-order valence-electron chi connectivity index (χ0n) is 16.3. The van der Waals surface area contributed by atoms with Gasteiger partial charge >= 0.3 is 0 Å². The van der Waals surface area contributed by atoms with E-state index in [4.69, 9.17) is 14.0 Å². The first kappa shape index (κ1) is 18.8. The molecule has 1 aromatic heterocycles. The molecule has 2 heterocycles. The van der Waals surface area contributed by atoms with Crippen LogP contribution in [0, 0.1) is 5.92 Å². The van der Waals surface area contributed by atoms with Gasteiger partial charge in [0.25, 0.3) is 0 Å². The van der Waals surface area contributed by atoms with Gasteiger partial charge in [-0.15, -0.1) is 0 Å². The van der Waals surface area contributed by atoms with E-state index < -0.39 is 0 Å². The number of hydrogen-bond acceptors (Lipinski definition) is 5. The number of nitrogens with zero attached hydrogens (tertiary/aromatic N) is 2. The number of methoxy groups -OCH3 is 1. The van der Waals surface area contributed by atoms with Crippen LogP contribution in [0.2, 0.25) is 0 Å². The highest BCUT2D eigenvalue weighted by molar-refractivity contribution is 5.43. The molecule has 0 bridgehead atoms. The fourth-order valence-electron chi connectivity index (χ4n) is 3.41. The van der Waals surface area contributed by atoms with Crippen molar-refractivity contribution in [2.75, 3.05) is 20.3 Å². The van der Waals surface area contributed by atoms with Crippen LogP contribution in [-0.2, 0) is 13.0 Å². The minimum Gasteiger partial charge on any atom is -0.493 e. The maximum Gasteiger partial charge on any atom is 0.161 e. The lowest BCUT2D eigenvalue weighted by molar-refractivity contribution is 0.206. The topological polar surface area (TPSA) is 47.7 Å². The predicted molar refractivity (Wildman–Crippen MR) is 102 cm³/mol. The second-order valence-corrected chi connectivity index (χ2v) is 7.39. The second-order valence-electron chi connectivity index (χ2n) is 7.39. The van der Waals surface area contributed by atoms with Crippen molar-refractivity contribution >= 4 is 0 Å². The molecule has 3 rings (SSSR count). The van der Waals surface area contributed by atoms with E-state index in [0.717, 1.165) is 48.9 Å². The van der Waals surface area contributed by atoms with E-state index in [-0.39, 0.29) is 0 Å². The molecule has 1 atom stereocenters. The van der Waals surface area contributed by atoms with Crippen molar-refractivity contribution in [2.45, 2.75) is 52.6 Å². The summed E-state index contributed by atoms with van der Waals surface area (Å²) in [6.45, 7) is 9.01. The molecular formula is C21H30N2O3. The molecule has 0 amide bonds. The van der Waals surface area contributed by atoms with E-state index in [1.165, 1.54) is 12.0 Å². The van der Waals surface area contributed by atoms with E-state index >= 15 is 0 Å². The Morgan fingerprint density at radius 1 is 1.27 bits per heavy atom. The first-order valence-electron chi connectivity index (χ1n) is 9.60. The lowest BCUT2D eigenvalue weighted by Crippen LogP contribution is -2.22. The standard InChI is InChI=1S/C21H30N2O3/c1-5-17-12-20(26-22-17)18-7-6-10-23(18)13-16-8-9-19(21(11-16)24-4)25-14-15(2)3/h8-9,11-12,15,18H,5-7,10,13-14H2,1-4H3/t18-/m1/s1. The van der Waals surface area contributed by atoms with Gasteiger partial charge in [-0.05, 0) is 49.4 Å². The summed E-state index contributed by atoms with van der Waals surface area (Å²) in [5, 5.41) is 4.16. The van der Waals surface area contributed by atoms with Crippen molar-refractivity contribution < 1.29 is 14.0 Å². The van der Waals surface area contributed by atoms with E-state index in [0.29, 0.717) is 18.6 Å². The number of ether oxygens (including phenoxy) is 2. The van der Waals surface area contributed by atoms with Gasteiger partial charge in [0.1, 0.15) is 0 Å². The number of aromatic nitrogens is 1. The number of likely N-dealkylation sites (tertiary alicyclic amines) is 1. The fourth-order valence-corrected chi connectivity index (χ4v) is 3.41. The molecule has 0 unspecified atom stereocenters. The highest BCUT2D eigenvalue weighted by Crippen LogP contribution is 2.35. The largest absolute Gasteiger partial charge is 0.493 e. The summed E-state index contributed by atoms with van der Waals surface area (Å²) in [5.41, 5.74) is 2.25. The first-order chi connectivity index (χ1) is 12.6. The minimum atomic E-state index is 0.311. The number of benzene rings is 1. The molecule has 5 heteroatoms. The summed E-state index contributed by atoms with van der Waals surface area (Å²) >= 11 is 0. The van der Waals surface area contributed by atoms with Crippen LogP contribution in [0.3, 0.4) is 0 Å². The Morgan fingerprint density at radius 2 is 2.12 bits per heavy atom. The molecule has 1 aliphatic heterocycles. The molecule has 1 aromatic carbocycles. The summed E-state index contributed by atoms with van der Waals surface area (Å²) in [5.74, 6) is 3.08. The van der Waals surface area contributed by atoms with Gasteiger partial charge in [-0.3, -0.25) is 4.90 Å². The van der Waals surface area contributed by atoms with Crippen molar-refractivity contribution in [1.82, 2.24) is 10.1 Å². The van der Waals surface area contributed by atoms with Crippen LogP contribution in [0.1, 0.15) is 56.7 Å².